The Kier molecular flexibility index (Phi) is 2.31. The number of nitrogen functional groups attached to an aromatic ring is 1. The molecule has 0 heterocycles. The van der Waals surface area contributed by atoms with Crippen LogP contribution in [0.15, 0.2) is 18.2 Å². The van der Waals surface area contributed by atoms with Crippen molar-refractivity contribution in [3.05, 3.63) is 24.0 Å². The van der Waals surface area contributed by atoms with Gasteiger partial charge in [0.05, 0.1) is 0 Å². The van der Waals surface area contributed by atoms with Crippen molar-refractivity contribution in [1.29, 1.82) is 0 Å². The molecule has 0 aliphatic rings. The first-order valence-corrected chi connectivity index (χ1v) is 3.18. The molecule has 2 N–H and O–H groups in total. The molecule has 0 aliphatic heterocycles. The van der Waals surface area contributed by atoms with Gasteiger partial charge in [0.2, 0.25) is 0 Å². The molecule has 0 unspecified atom stereocenters. The Hall–Kier alpha value is -1.46. The van der Waals surface area contributed by atoms with Crippen LogP contribution in [0.4, 0.5) is 23.2 Å². The van der Waals surface area contributed by atoms with Gasteiger partial charge in [-0.1, -0.05) is 0 Å². The van der Waals surface area contributed by atoms with Crippen LogP contribution in [0.2, 0.25) is 0 Å². The van der Waals surface area contributed by atoms with Crippen molar-refractivity contribution in [2.24, 2.45) is 0 Å². The van der Waals surface area contributed by atoms with E-state index in [0.29, 0.717) is 6.07 Å². The zero-order chi connectivity index (χ0) is 10.1. The van der Waals surface area contributed by atoms with E-state index in [4.69, 9.17) is 5.73 Å². The lowest BCUT2D eigenvalue weighted by molar-refractivity contribution is -0.274. The quantitative estimate of drug-likeness (QED) is 0.554. The van der Waals surface area contributed by atoms with Crippen LogP contribution in [0.25, 0.3) is 0 Å². The summed E-state index contributed by atoms with van der Waals surface area (Å²) < 4.78 is 50.8. The molecule has 1 rings (SSSR count). The smallest absolute Gasteiger partial charge is 0.406 e. The van der Waals surface area contributed by atoms with E-state index in [2.05, 4.69) is 4.74 Å². The Labute approximate surface area is 72.4 Å². The second kappa shape index (κ2) is 3.12. The molecule has 1 aromatic carbocycles. The second-order valence-corrected chi connectivity index (χ2v) is 2.27. The van der Waals surface area contributed by atoms with Crippen molar-refractivity contribution >= 4 is 5.69 Å². The summed E-state index contributed by atoms with van der Waals surface area (Å²) >= 11 is 0. The van der Waals surface area contributed by atoms with Crippen molar-refractivity contribution in [2.75, 3.05) is 5.73 Å². The molecule has 0 aromatic heterocycles. The first kappa shape index (κ1) is 9.63. The minimum absolute atomic E-state index is 0. The molecule has 0 saturated heterocycles. The molecule has 0 atom stereocenters. The zero-order valence-corrected chi connectivity index (χ0v) is 6.23. The third kappa shape index (κ3) is 3.18. The van der Waals surface area contributed by atoms with Crippen LogP contribution in [0.5, 0.6) is 5.75 Å². The lowest BCUT2D eigenvalue weighted by Crippen LogP contribution is -2.17. The fourth-order valence-electron chi connectivity index (χ4n) is 0.777. The van der Waals surface area contributed by atoms with Gasteiger partial charge in [0.15, 0.2) is 0 Å². The first-order valence-electron chi connectivity index (χ1n) is 3.18. The number of rotatable bonds is 1. The van der Waals surface area contributed by atoms with E-state index in [-0.39, 0.29) is 7.11 Å². The summed E-state index contributed by atoms with van der Waals surface area (Å²) in [5.74, 6) is -1.54. The van der Waals surface area contributed by atoms with E-state index in [1.807, 2.05) is 0 Å². The highest BCUT2D eigenvalue weighted by atomic mass is 19.4. The summed E-state index contributed by atoms with van der Waals surface area (Å²) in [6.45, 7) is 0. The summed E-state index contributed by atoms with van der Waals surface area (Å²) in [7, 11) is 0. The molecule has 2 nitrogen and oxygen atoms in total. The molecule has 0 aliphatic carbocycles. The summed E-state index contributed by atoms with van der Waals surface area (Å²) in [5.41, 5.74) is 4.97. The van der Waals surface area contributed by atoms with E-state index >= 15 is 0 Å². The van der Waals surface area contributed by atoms with E-state index in [1.54, 1.807) is 0 Å². The zero-order valence-electron chi connectivity index (χ0n) is 6.23. The predicted molar refractivity (Wildman–Crippen MR) is 39.6 cm³/mol. The van der Waals surface area contributed by atoms with Crippen molar-refractivity contribution in [3.63, 3.8) is 0 Å². The van der Waals surface area contributed by atoms with Gasteiger partial charge in [-0.15, -0.1) is 13.2 Å². The Morgan fingerprint density at radius 3 is 2.31 bits per heavy atom. The molecule has 74 valence electrons. The molecule has 0 saturated carbocycles. The third-order valence-corrected chi connectivity index (χ3v) is 1.13. The lowest BCUT2D eigenvalue weighted by Gasteiger charge is -2.08. The Bertz CT molecular complexity index is 295. The van der Waals surface area contributed by atoms with E-state index in [1.165, 1.54) is 0 Å². The molecule has 13 heavy (non-hydrogen) atoms. The molecule has 0 radical (unpaired) electrons. The van der Waals surface area contributed by atoms with E-state index in [0.717, 1.165) is 12.1 Å². The average molecular weight is 197 g/mol. The van der Waals surface area contributed by atoms with Crippen molar-refractivity contribution < 1.29 is 23.7 Å². The maximum Gasteiger partial charge on any atom is 0.573 e. The van der Waals surface area contributed by atoms with Gasteiger partial charge in [-0.2, -0.15) is 0 Å². The highest BCUT2D eigenvalue weighted by Crippen LogP contribution is 2.25. The second-order valence-electron chi connectivity index (χ2n) is 2.27. The van der Waals surface area contributed by atoms with E-state index in [9.17, 15) is 17.6 Å². The maximum atomic E-state index is 12.5. The minimum Gasteiger partial charge on any atom is -0.406 e. The normalized spacial score (nSPS) is 11.4. The van der Waals surface area contributed by atoms with E-state index < -0.39 is 17.9 Å². The highest BCUT2D eigenvalue weighted by molar-refractivity contribution is 5.44. The summed E-state index contributed by atoms with van der Waals surface area (Å²) in [4.78, 5) is 0. The topological polar surface area (TPSA) is 35.2 Å². The Morgan fingerprint density at radius 1 is 1.23 bits per heavy atom. The first-order chi connectivity index (χ1) is 5.87. The molecule has 1 aromatic rings. The average Bonchev–Trinajstić information content (AvgIpc) is 1.78. The van der Waals surface area contributed by atoms with Crippen LogP contribution >= 0.6 is 0 Å². The maximum absolute atomic E-state index is 12.5. The summed E-state index contributed by atoms with van der Waals surface area (Å²) in [5, 5.41) is 0. The van der Waals surface area contributed by atoms with Gasteiger partial charge >= 0.3 is 6.36 Å². The number of ether oxygens (including phenoxy) is 1. The standard InChI is InChI=1S/C7H5F4NO.H2/c8-4-1-5(12)3-6(2-4)13-7(9,10)11;/h1-3H,12H2;1H. The number of hydrogen-bond acceptors (Lipinski definition) is 2. The monoisotopic (exact) mass is 197 g/mol. The van der Waals surface area contributed by atoms with Crippen LogP contribution < -0.4 is 10.5 Å². The van der Waals surface area contributed by atoms with Gasteiger partial charge in [-0.05, 0) is 6.07 Å². The van der Waals surface area contributed by atoms with Gasteiger partial charge in [0.25, 0.3) is 0 Å². The van der Waals surface area contributed by atoms with Crippen LogP contribution in [-0.2, 0) is 0 Å². The van der Waals surface area contributed by atoms with Gasteiger partial charge in [0, 0.05) is 19.2 Å². The molecule has 6 heteroatoms. The summed E-state index contributed by atoms with van der Waals surface area (Å²) in [6, 6.07) is 2.38. The van der Waals surface area contributed by atoms with Gasteiger partial charge in [0.1, 0.15) is 11.6 Å². The Balaban J connectivity index is 0.00000169. The van der Waals surface area contributed by atoms with Crippen molar-refractivity contribution in [3.8, 4) is 5.75 Å². The number of anilines is 1. The fraction of sp³-hybridized carbons (Fsp3) is 0.143. The van der Waals surface area contributed by atoms with Crippen molar-refractivity contribution in [1.82, 2.24) is 0 Å². The number of nitrogens with two attached hydrogens (primary N) is 1. The fourth-order valence-corrected chi connectivity index (χ4v) is 0.777. The SMILES string of the molecule is Nc1cc(F)cc(OC(F)(F)F)c1.[HH]. The number of alkyl halides is 3. The predicted octanol–water partition coefficient (Wildman–Crippen LogP) is 2.55. The van der Waals surface area contributed by atoms with Gasteiger partial charge in [-0.25, -0.2) is 4.39 Å². The minimum atomic E-state index is -4.83. The third-order valence-electron chi connectivity index (χ3n) is 1.13. The highest BCUT2D eigenvalue weighted by Gasteiger charge is 2.31. The number of hydrogen-bond donors (Lipinski definition) is 1. The molecular weight excluding hydrogens is 190 g/mol. The molecule has 0 amide bonds. The van der Waals surface area contributed by atoms with Gasteiger partial charge in [-0.3, -0.25) is 0 Å². The number of halogens is 4. The van der Waals surface area contributed by atoms with Crippen LogP contribution in [0.3, 0.4) is 0 Å². The molecular formula is C7H7F4NO. The number of benzene rings is 1. The van der Waals surface area contributed by atoms with Gasteiger partial charge < -0.3 is 10.5 Å². The van der Waals surface area contributed by atoms with Crippen LogP contribution in [0.1, 0.15) is 1.43 Å². The molecule has 0 fully saturated rings. The Morgan fingerprint density at radius 2 is 1.85 bits per heavy atom. The largest absolute Gasteiger partial charge is 0.573 e. The molecule has 0 spiro atoms. The lowest BCUT2D eigenvalue weighted by atomic mass is 10.3. The van der Waals surface area contributed by atoms with Crippen LogP contribution in [-0.4, -0.2) is 6.36 Å². The summed E-state index contributed by atoms with van der Waals surface area (Å²) in [6.07, 6.45) is -4.83. The molecule has 0 bridgehead atoms. The van der Waals surface area contributed by atoms with Crippen molar-refractivity contribution in [2.45, 2.75) is 6.36 Å². The van der Waals surface area contributed by atoms with Crippen LogP contribution in [0, 0.1) is 5.82 Å².